The minimum absolute atomic E-state index is 0. The molecule has 0 aromatic rings. The molecule has 0 heterocycles. The van der Waals surface area contributed by atoms with Crippen molar-refractivity contribution in [2.45, 2.75) is 112 Å². The number of hydrogen-bond donors (Lipinski definition) is 0. The molecule has 0 aliphatic heterocycles. The normalized spacial score (nSPS) is 14.9. The first-order chi connectivity index (χ1) is 14.6. The number of unbranched alkanes of at least 4 members (excludes halogenated alkanes) is 3. The smallest absolute Gasteiger partial charge is 1.00 e. The van der Waals surface area contributed by atoms with Gasteiger partial charge in [-0.3, -0.25) is 4.79 Å². The van der Waals surface area contributed by atoms with Gasteiger partial charge in [0.05, 0.1) is 0 Å². The summed E-state index contributed by atoms with van der Waals surface area (Å²) in [5.41, 5.74) is 4.61. The Morgan fingerprint density at radius 1 is 1.00 bits per heavy atom. The zero-order chi connectivity index (χ0) is 24.0. The topological polar surface area (TPSA) is 66.4 Å². The van der Waals surface area contributed by atoms with E-state index in [9.17, 15) is 15.0 Å². The van der Waals surface area contributed by atoms with E-state index in [4.69, 9.17) is 0 Å². The van der Waals surface area contributed by atoms with Gasteiger partial charge in [0.15, 0.2) is 0 Å². The number of carbonyl (C=O) groups excluding carboxylic acids is 1. The van der Waals surface area contributed by atoms with E-state index in [0.29, 0.717) is 0 Å². The van der Waals surface area contributed by atoms with Crippen molar-refractivity contribution in [3.63, 3.8) is 0 Å². The van der Waals surface area contributed by atoms with Crippen LogP contribution in [0.2, 0.25) is 0 Å². The minimum atomic E-state index is -0.417. The molecule has 4 nitrogen and oxygen atoms in total. The molecule has 0 atom stereocenters. The van der Waals surface area contributed by atoms with Crippen molar-refractivity contribution in [3.8, 4) is 0 Å². The number of halogens is 1. The molecule has 188 valence electrons. The number of allylic oxidation sites excluding steroid dienone is 3. The van der Waals surface area contributed by atoms with Crippen LogP contribution in [0.1, 0.15) is 99.8 Å². The van der Waals surface area contributed by atoms with Crippen molar-refractivity contribution in [1.29, 1.82) is 0 Å². The van der Waals surface area contributed by atoms with Gasteiger partial charge in [0.25, 0.3) is 5.91 Å². The summed E-state index contributed by atoms with van der Waals surface area (Å²) >= 11 is 0. The predicted molar refractivity (Wildman–Crippen MR) is 128 cm³/mol. The Balaban J connectivity index is -0.000000782. The van der Waals surface area contributed by atoms with Crippen LogP contribution in [0, 0.1) is 5.92 Å². The molecule has 33 heavy (non-hydrogen) atoms. The van der Waals surface area contributed by atoms with E-state index in [0.717, 1.165) is 43.5 Å². The van der Waals surface area contributed by atoms with Gasteiger partial charge in [0, 0.05) is 24.6 Å². The predicted octanol–water partition coefficient (Wildman–Crippen LogP) is 1.89. The number of hydrogen-bond acceptors (Lipinski definition) is 3. The fraction of sp³-hybridized carbons (Fsp3) is 0.704. The Labute approximate surface area is 229 Å². The van der Waals surface area contributed by atoms with Gasteiger partial charge >= 0.3 is 21.7 Å². The second-order valence-corrected chi connectivity index (χ2v) is 8.77. The average Bonchev–Trinajstić information content (AvgIpc) is 3.14. The fourth-order valence-electron chi connectivity index (χ4n) is 3.77. The van der Waals surface area contributed by atoms with Crippen LogP contribution in [0.3, 0.4) is 0 Å². The fourth-order valence-corrected chi connectivity index (χ4v) is 3.77. The molecule has 2 rings (SSSR count). The van der Waals surface area contributed by atoms with Crippen molar-refractivity contribution in [2.24, 2.45) is 0 Å². The SMILES string of the molecule is C=C1[C]2CCCC2=CC(CCCCCC)=C1C(=O)N(CC)CC.CC(C)[O-].CC(C)[O-].[Br-].[Ti+3]. The Morgan fingerprint density at radius 2 is 1.52 bits per heavy atom. The summed E-state index contributed by atoms with van der Waals surface area (Å²) in [6, 6.07) is 0. The number of fused-ring (bicyclic) bond motifs is 1. The molecule has 6 heteroatoms. The van der Waals surface area contributed by atoms with Crippen molar-refractivity contribution < 1.29 is 53.7 Å². The molecule has 1 fully saturated rings. The Hall–Kier alpha value is -0.196. The third-order valence-electron chi connectivity index (χ3n) is 5.16. The van der Waals surface area contributed by atoms with Gasteiger partial charge in [-0.25, -0.2) is 0 Å². The Morgan fingerprint density at radius 3 is 1.97 bits per heavy atom. The van der Waals surface area contributed by atoms with Crippen LogP contribution in [0.4, 0.5) is 0 Å². The molecule has 2 aliphatic rings. The minimum Gasteiger partial charge on any atom is -1.00 e. The molecule has 0 N–H and O–H groups in total. The molecule has 1 amide bonds. The van der Waals surface area contributed by atoms with Gasteiger partial charge < -0.3 is 32.1 Å². The summed E-state index contributed by atoms with van der Waals surface area (Å²) in [5.74, 6) is 1.53. The van der Waals surface area contributed by atoms with E-state index in [2.05, 4.69) is 33.4 Å². The summed E-state index contributed by atoms with van der Waals surface area (Å²) in [5, 5.41) is 19.1. The number of amides is 1. The van der Waals surface area contributed by atoms with Gasteiger partial charge in [-0.05, 0) is 57.1 Å². The molecule has 0 unspecified atom stereocenters. The summed E-state index contributed by atoms with van der Waals surface area (Å²) in [4.78, 5) is 15.0. The second-order valence-electron chi connectivity index (χ2n) is 8.77. The van der Waals surface area contributed by atoms with E-state index >= 15 is 0 Å². The zero-order valence-electron chi connectivity index (χ0n) is 22.1. The summed E-state index contributed by atoms with van der Waals surface area (Å²) in [6.45, 7) is 18.6. The molecule has 0 bridgehead atoms. The van der Waals surface area contributed by atoms with Crippen LogP contribution < -0.4 is 27.2 Å². The van der Waals surface area contributed by atoms with Crippen molar-refractivity contribution in [2.75, 3.05) is 13.1 Å². The first kappa shape index (κ1) is 37.4. The van der Waals surface area contributed by atoms with Crippen LogP contribution in [0.15, 0.2) is 34.9 Å². The maximum Gasteiger partial charge on any atom is 3.00 e. The number of carbonyl (C=O) groups is 1. The van der Waals surface area contributed by atoms with E-state index in [1.54, 1.807) is 27.7 Å². The summed E-state index contributed by atoms with van der Waals surface area (Å²) in [7, 11) is 0. The molecule has 0 aromatic heterocycles. The van der Waals surface area contributed by atoms with Crippen molar-refractivity contribution in [1.82, 2.24) is 4.90 Å². The van der Waals surface area contributed by atoms with Gasteiger partial charge in [-0.15, -0.1) is 12.2 Å². The van der Waals surface area contributed by atoms with Gasteiger partial charge in [-0.2, -0.15) is 0 Å². The van der Waals surface area contributed by atoms with Gasteiger partial charge in [-0.1, -0.05) is 72.1 Å². The first-order valence-corrected chi connectivity index (χ1v) is 12.2. The molecule has 2 aliphatic carbocycles. The quantitative estimate of drug-likeness (QED) is 0.337. The third kappa shape index (κ3) is 14.7. The number of rotatable bonds is 8. The van der Waals surface area contributed by atoms with Crippen LogP contribution in [-0.2, 0) is 26.5 Å². The monoisotopic (exact) mass is 559 g/mol. The van der Waals surface area contributed by atoms with Crippen LogP contribution in [0.25, 0.3) is 0 Å². The number of nitrogens with zero attached hydrogens (tertiary/aromatic N) is 1. The zero-order valence-corrected chi connectivity index (χ0v) is 25.2. The molecular formula is C27H46BrNO3Ti. The van der Waals surface area contributed by atoms with E-state index in [-0.39, 0.29) is 44.6 Å². The van der Waals surface area contributed by atoms with Crippen LogP contribution >= 0.6 is 0 Å². The van der Waals surface area contributed by atoms with Gasteiger partial charge in [0.2, 0.25) is 0 Å². The molecule has 2 radical (unpaired) electrons. The molecule has 0 spiro atoms. The average molecular weight is 560 g/mol. The maximum atomic E-state index is 13.0. The van der Waals surface area contributed by atoms with Crippen molar-refractivity contribution >= 4 is 5.91 Å². The first-order valence-electron chi connectivity index (χ1n) is 12.2. The van der Waals surface area contributed by atoms with Crippen LogP contribution in [-0.4, -0.2) is 36.1 Å². The number of likely N-dealkylation sites (N-methyl/N-ethyl adjacent to an activating group) is 1. The van der Waals surface area contributed by atoms with Gasteiger partial charge in [0.1, 0.15) is 0 Å². The molecule has 0 aromatic carbocycles. The largest absolute Gasteiger partial charge is 3.00 e. The molecule has 0 saturated heterocycles. The summed E-state index contributed by atoms with van der Waals surface area (Å²) in [6.07, 6.45) is 10.9. The Bertz CT molecular complexity index is 599. The maximum absolute atomic E-state index is 13.0. The standard InChI is InChI=1S/C21H32NO.2C3H7O.BrH.Ti/c1-5-8-9-10-12-18-15-17-13-11-14-19(17)16(4)20(18)21(23)22(6-2)7-3;2*1-3(2)4;;/h15H,4-14H2,1-3H3;2*3H,1-2H3;1H;/q;2*-1;;+3/p-1. The third-order valence-corrected chi connectivity index (χ3v) is 5.16. The van der Waals surface area contributed by atoms with E-state index in [1.165, 1.54) is 49.2 Å². The summed E-state index contributed by atoms with van der Waals surface area (Å²) < 4.78 is 0. The van der Waals surface area contributed by atoms with Crippen molar-refractivity contribution in [3.05, 3.63) is 40.9 Å². The molecule has 1 saturated carbocycles. The Kier molecular flexibility index (Phi) is 23.9. The van der Waals surface area contributed by atoms with E-state index < -0.39 is 12.2 Å². The van der Waals surface area contributed by atoms with E-state index in [1.807, 2.05) is 4.90 Å². The second kappa shape index (κ2) is 21.1. The van der Waals surface area contributed by atoms with Crippen LogP contribution in [0.5, 0.6) is 0 Å². The molecular weight excluding hydrogens is 514 g/mol.